The Hall–Kier alpha value is -7.01. The number of aliphatic imine (C=N–C) groups is 1. The fourth-order valence-corrected chi connectivity index (χ4v) is 11.2. The second-order valence-corrected chi connectivity index (χ2v) is 16.4. The third-order valence-corrected chi connectivity index (χ3v) is 13.6. The van der Waals surface area contributed by atoms with Crippen molar-refractivity contribution in [1.29, 1.82) is 0 Å². The van der Waals surface area contributed by atoms with Crippen LogP contribution in [0.5, 0.6) is 0 Å². The largest absolute Gasteiger partial charge is 0.307 e. The Morgan fingerprint density at radius 3 is 2.02 bits per heavy atom. The number of aryl methyl sites for hydroxylation is 1. The van der Waals surface area contributed by atoms with Crippen LogP contribution in [0.3, 0.4) is 0 Å². The van der Waals surface area contributed by atoms with Crippen LogP contribution < -0.4 is 0 Å². The van der Waals surface area contributed by atoms with Crippen LogP contribution in [0.25, 0.3) is 97.7 Å². The highest BCUT2D eigenvalue weighted by atomic mass is 32.1. The quantitative estimate of drug-likeness (QED) is 0.172. The van der Waals surface area contributed by atoms with Crippen molar-refractivity contribution < 1.29 is 0 Å². The van der Waals surface area contributed by atoms with Crippen molar-refractivity contribution in [2.75, 3.05) is 0 Å². The van der Waals surface area contributed by atoms with Crippen LogP contribution in [0.2, 0.25) is 0 Å². The number of allylic oxidation sites excluding steroid dienone is 1. The van der Waals surface area contributed by atoms with Gasteiger partial charge in [-0.15, -0.1) is 11.3 Å². The lowest BCUT2D eigenvalue weighted by molar-refractivity contribution is 0.993. The van der Waals surface area contributed by atoms with Gasteiger partial charge >= 0.3 is 0 Å². The van der Waals surface area contributed by atoms with Crippen molar-refractivity contribution >= 4 is 104 Å². The molecule has 5 heterocycles. The summed E-state index contributed by atoms with van der Waals surface area (Å²) in [5, 5.41) is 11.6. The van der Waals surface area contributed by atoms with E-state index in [0.29, 0.717) is 0 Å². The van der Waals surface area contributed by atoms with Crippen LogP contribution in [-0.2, 0) is 6.42 Å². The molecule has 0 saturated carbocycles. The topological polar surface area (TPSA) is 21.7 Å². The van der Waals surface area contributed by atoms with Crippen molar-refractivity contribution in [3.8, 4) is 11.1 Å². The van der Waals surface area contributed by atoms with E-state index in [1.807, 2.05) is 11.3 Å². The second-order valence-electron chi connectivity index (χ2n) is 15.3. The molecule has 0 radical (unpaired) electrons. The molecule has 4 heteroatoms. The van der Waals surface area contributed by atoms with Gasteiger partial charge in [-0.1, -0.05) is 146 Å². The van der Waals surface area contributed by atoms with Crippen molar-refractivity contribution in [2.24, 2.45) is 4.99 Å². The molecule has 1 aliphatic rings. The van der Waals surface area contributed by atoms with Gasteiger partial charge in [-0.3, -0.25) is 4.57 Å². The second kappa shape index (κ2) is 11.8. The average molecular weight is 744 g/mol. The van der Waals surface area contributed by atoms with Crippen molar-refractivity contribution in [2.45, 2.75) is 12.8 Å². The molecule has 0 aliphatic carbocycles. The lowest BCUT2D eigenvalue weighted by Gasteiger charge is -2.16. The first kappa shape index (κ1) is 31.2. The van der Waals surface area contributed by atoms with Gasteiger partial charge in [-0.25, -0.2) is 4.99 Å². The van der Waals surface area contributed by atoms with Crippen LogP contribution in [0.4, 0.5) is 0 Å². The molecular formula is C53H33N3S. The minimum absolute atomic E-state index is 0.893. The summed E-state index contributed by atoms with van der Waals surface area (Å²) in [5.74, 6) is 0.971. The molecule has 1 aliphatic heterocycles. The zero-order valence-corrected chi connectivity index (χ0v) is 31.7. The Morgan fingerprint density at radius 1 is 0.474 bits per heavy atom. The average Bonchev–Trinajstić information content (AvgIpc) is 4.00. The molecule has 0 saturated heterocycles. The lowest BCUT2D eigenvalue weighted by atomic mass is 9.97. The number of nitrogens with zero attached hydrogens (tertiary/aromatic N) is 3. The molecule has 0 amide bonds. The molecule has 12 aromatic rings. The van der Waals surface area contributed by atoms with E-state index < -0.39 is 0 Å². The lowest BCUT2D eigenvalue weighted by Crippen LogP contribution is -2.09. The van der Waals surface area contributed by atoms with Crippen LogP contribution in [0.15, 0.2) is 181 Å². The van der Waals surface area contributed by atoms with Crippen LogP contribution >= 0.6 is 11.3 Å². The van der Waals surface area contributed by atoms with E-state index in [0.717, 1.165) is 29.9 Å². The molecular weight excluding hydrogens is 711 g/mol. The standard InChI is InChI=1S/C53H33N3S/c1-2-13-32(14-3-1)33-25-27-35(28-26-33)50-53-39(38-18-8-11-23-46(38)57-53)20-12-24-47(54-50)55-44-22-10-7-19-40(44)48-45(55)31-42-37-17-6-9-21-43(37)56-51-36-16-5-4-15-34(36)29-30-41(51)49(48)52(42)56/h1-11,13-19,21-31H,12,20H2/b47-24+,54-50-. The highest BCUT2D eigenvalue weighted by molar-refractivity contribution is 7.21. The van der Waals surface area contributed by atoms with E-state index in [-0.39, 0.29) is 0 Å². The molecule has 0 spiro atoms. The molecule has 0 fully saturated rings. The Labute approximate surface area is 332 Å². The van der Waals surface area contributed by atoms with E-state index in [4.69, 9.17) is 4.99 Å². The van der Waals surface area contributed by atoms with Gasteiger partial charge in [0, 0.05) is 48.0 Å². The van der Waals surface area contributed by atoms with E-state index in [1.165, 1.54) is 102 Å². The summed E-state index contributed by atoms with van der Waals surface area (Å²) in [7, 11) is 0. The molecule has 13 rings (SSSR count). The zero-order chi connectivity index (χ0) is 37.2. The Morgan fingerprint density at radius 2 is 1.16 bits per heavy atom. The first-order chi connectivity index (χ1) is 28.3. The summed E-state index contributed by atoms with van der Waals surface area (Å²) in [6.45, 7) is 0. The van der Waals surface area contributed by atoms with Gasteiger partial charge in [0.15, 0.2) is 0 Å². The summed E-state index contributed by atoms with van der Waals surface area (Å²) in [6, 6.07) is 62.3. The van der Waals surface area contributed by atoms with Gasteiger partial charge < -0.3 is 4.40 Å². The van der Waals surface area contributed by atoms with Gasteiger partial charge in [-0.2, -0.15) is 0 Å². The molecule has 0 N–H and O–H groups in total. The summed E-state index contributed by atoms with van der Waals surface area (Å²) in [4.78, 5) is 7.08. The minimum Gasteiger partial charge on any atom is -0.307 e. The maximum atomic E-state index is 5.82. The fraction of sp³-hybridized carbons (Fsp3) is 0.0377. The maximum Gasteiger partial charge on any atom is 0.134 e. The van der Waals surface area contributed by atoms with Crippen LogP contribution in [0.1, 0.15) is 22.4 Å². The third kappa shape index (κ3) is 4.33. The van der Waals surface area contributed by atoms with E-state index >= 15 is 0 Å². The number of para-hydroxylation sites is 2. The van der Waals surface area contributed by atoms with Gasteiger partial charge in [0.05, 0.1) is 38.2 Å². The Kier molecular flexibility index (Phi) is 6.44. The van der Waals surface area contributed by atoms with E-state index in [9.17, 15) is 0 Å². The number of hydrogen-bond acceptors (Lipinski definition) is 2. The van der Waals surface area contributed by atoms with Gasteiger partial charge in [0.2, 0.25) is 0 Å². The number of benzene rings is 8. The molecule has 8 aromatic carbocycles. The van der Waals surface area contributed by atoms with Gasteiger partial charge in [0.25, 0.3) is 0 Å². The normalized spacial score (nSPS) is 15.5. The molecule has 0 bridgehead atoms. The first-order valence-corrected chi connectivity index (χ1v) is 20.6. The highest BCUT2D eigenvalue weighted by Gasteiger charge is 2.27. The maximum absolute atomic E-state index is 5.82. The molecule has 4 aromatic heterocycles. The molecule has 3 nitrogen and oxygen atoms in total. The number of aromatic nitrogens is 2. The molecule has 266 valence electrons. The zero-order valence-electron chi connectivity index (χ0n) is 30.9. The Bertz CT molecular complexity index is 3670. The van der Waals surface area contributed by atoms with Crippen molar-refractivity contribution in [3.05, 3.63) is 192 Å². The number of thiophene rings is 1. The molecule has 0 unspecified atom stereocenters. The predicted molar refractivity (Wildman–Crippen MR) is 244 cm³/mol. The number of fused-ring (bicyclic) bond motifs is 15. The Balaban J connectivity index is 1.14. The highest BCUT2D eigenvalue weighted by Crippen LogP contribution is 2.48. The van der Waals surface area contributed by atoms with Crippen molar-refractivity contribution in [3.63, 3.8) is 0 Å². The van der Waals surface area contributed by atoms with E-state index in [1.54, 1.807) is 0 Å². The minimum atomic E-state index is 0.893. The van der Waals surface area contributed by atoms with Crippen LogP contribution in [-0.4, -0.2) is 14.7 Å². The van der Waals surface area contributed by atoms with Gasteiger partial charge in [-0.05, 0) is 70.6 Å². The fourth-order valence-electron chi connectivity index (χ4n) is 9.89. The van der Waals surface area contributed by atoms with Crippen molar-refractivity contribution in [1.82, 2.24) is 8.97 Å². The third-order valence-electron chi connectivity index (χ3n) is 12.3. The summed E-state index contributed by atoms with van der Waals surface area (Å²) in [5.41, 5.74) is 12.1. The van der Waals surface area contributed by atoms with Crippen LogP contribution in [0, 0.1) is 0 Å². The number of hydrogen-bond donors (Lipinski definition) is 0. The first-order valence-electron chi connectivity index (χ1n) is 19.8. The SMILES string of the molecule is C1=C(n2c3ccccc3c3c4c5ccc6ccccc6c5n5c6ccccc6c(cc32)c45)\N=C(\c2ccc(-c3ccccc3)cc2)c2sc3ccccc3c2CC/1. The van der Waals surface area contributed by atoms with Gasteiger partial charge in [0.1, 0.15) is 5.82 Å². The molecule has 57 heavy (non-hydrogen) atoms. The monoisotopic (exact) mass is 743 g/mol. The summed E-state index contributed by atoms with van der Waals surface area (Å²) >= 11 is 1.87. The molecule has 0 atom stereocenters. The number of rotatable bonds is 3. The predicted octanol–water partition coefficient (Wildman–Crippen LogP) is 14.3. The summed E-state index contributed by atoms with van der Waals surface area (Å²) in [6.07, 6.45) is 4.22. The smallest absolute Gasteiger partial charge is 0.134 e. The summed E-state index contributed by atoms with van der Waals surface area (Å²) < 4.78 is 6.31. The van der Waals surface area contributed by atoms with E-state index in [2.05, 4.69) is 185 Å².